The Morgan fingerprint density at radius 2 is 1.29 bits per heavy atom. The third-order valence-electron chi connectivity index (χ3n) is 3.81. The van der Waals surface area contributed by atoms with E-state index >= 15 is 0 Å². The second-order valence-electron chi connectivity index (χ2n) is 5.99. The van der Waals surface area contributed by atoms with Crippen LogP contribution in [0.1, 0.15) is 96.8 Å². The van der Waals surface area contributed by atoms with Gasteiger partial charge in [-0.2, -0.15) is 0 Å². The van der Waals surface area contributed by atoms with E-state index in [1.54, 1.807) is 0 Å². The van der Waals surface area contributed by atoms with E-state index in [0.29, 0.717) is 6.61 Å². The molecule has 0 bridgehead atoms. The van der Waals surface area contributed by atoms with Crippen LogP contribution in [0.5, 0.6) is 0 Å². The van der Waals surface area contributed by atoms with Crippen molar-refractivity contribution in [1.29, 1.82) is 0 Å². The molecule has 0 fully saturated rings. The molecule has 0 aliphatic rings. The highest BCUT2D eigenvalue weighted by atomic mass is 16.3. The zero-order valence-corrected chi connectivity index (χ0v) is 14.1. The topological polar surface area (TPSA) is 40.5 Å². The minimum absolute atomic E-state index is 0.346. The maximum Gasteiger partial charge on any atom is 0.114 e. The molecule has 0 aliphatic heterocycles. The molecule has 2 nitrogen and oxygen atoms in total. The average Bonchev–Trinajstić information content (AvgIpc) is 2.49. The molecule has 124 valence electrons. The van der Waals surface area contributed by atoms with Crippen LogP contribution in [-0.4, -0.2) is 22.9 Å². The van der Waals surface area contributed by atoms with Crippen molar-refractivity contribution in [1.82, 2.24) is 0 Å². The third kappa shape index (κ3) is 17.4. The molecular formula is C19H36O2. The highest BCUT2D eigenvalue weighted by Gasteiger charge is 1.96. The van der Waals surface area contributed by atoms with E-state index in [9.17, 15) is 5.11 Å². The Bertz CT molecular complexity index is 252. The molecule has 1 atom stereocenters. The summed E-state index contributed by atoms with van der Waals surface area (Å²) < 4.78 is 0. The molecule has 0 aliphatic carbocycles. The van der Waals surface area contributed by atoms with Gasteiger partial charge in [0.15, 0.2) is 0 Å². The van der Waals surface area contributed by atoms with Crippen LogP contribution in [0, 0.1) is 11.8 Å². The summed E-state index contributed by atoms with van der Waals surface area (Å²) in [6.07, 6.45) is 16.1. The molecule has 0 rings (SSSR count). The first-order valence-electron chi connectivity index (χ1n) is 9.08. The first-order chi connectivity index (χ1) is 10.3. The lowest BCUT2D eigenvalue weighted by molar-refractivity contribution is 0.218. The van der Waals surface area contributed by atoms with E-state index in [-0.39, 0.29) is 0 Å². The molecule has 2 heteroatoms. The van der Waals surface area contributed by atoms with E-state index in [1.807, 2.05) is 0 Å². The van der Waals surface area contributed by atoms with Crippen LogP contribution < -0.4 is 0 Å². The van der Waals surface area contributed by atoms with Gasteiger partial charge in [-0.15, -0.1) is 5.92 Å². The largest absolute Gasteiger partial charge is 0.396 e. The van der Waals surface area contributed by atoms with Crippen molar-refractivity contribution in [3.05, 3.63) is 0 Å². The van der Waals surface area contributed by atoms with Crippen LogP contribution in [0.3, 0.4) is 0 Å². The number of unbranched alkanes of at least 4 members (excludes halogenated alkanes) is 11. The Labute approximate surface area is 132 Å². The van der Waals surface area contributed by atoms with E-state index in [0.717, 1.165) is 32.1 Å². The van der Waals surface area contributed by atoms with Gasteiger partial charge in [0.05, 0.1) is 0 Å². The SMILES string of the molecule is CCCCC(O)C#CCCCCCCCCCCCCO. The maximum absolute atomic E-state index is 9.57. The van der Waals surface area contributed by atoms with Crippen LogP contribution in [-0.2, 0) is 0 Å². The fraction of sp³-hybridized carbons (Fsp3) is 0.895. The summed E-state index contributed by atoms with van der Waals surface area (Å²) in [6.45, 7) is 2.48. The summed E-state index contributed by atoms with van der Waals surface area (Å²) in [4.78, 5) is 0. The molecule has 1 unspecified atom stereocenters. The lowest BCUT2D eigenvalue weighted by atomic mass is 10.1. The molecule has 0 aromatic carbocycles. The highest BCUT2D eigenvalue weighted by Crippen LogP contribution is 2.11. The van der Waals surface area contributed by atoms with Crippen LogP contribution in [0.4, 0.5) is 0 Å². The Balaban J connectivity index is 3.17. The Hall–Kier alpha value is -0.520. The van der Waals surface area contributed by atoms with Gasteiger partial charge in [0.1, 0.15) is 6.10 Å². The fourth-order valence-electron chi connectivity index (χ4n) is 2.40. The number of rotatable bonds is 14. The molecule has 0 heterocycles. The average molecular weight is 296 g/mol. The van der Waals surface area contributed by atoms with Crippen molar-refractivity contribution in [2.45, 2.75) is 103 Å². The van der Waals surface area contributed by atoms with Crippen molar-refractivity contribution in [3.63, 3.8) is 0 Å². The molecule has 0 saturated carbocycles. The predicted octanol–water partition coefficient (Wildman–Crippen LogP) is 4.82. The number of aliphatic hydroxyl groups is 2. The Morgan fingerprint density at radius 1 is 0.762 bits per heavy atom. The van der Waals surface area contributed by atoms with Crippen molar-refractivity contribution in [3.8, 4) is 11.8 Å². The second-order valence-corrected chi connectivity index (χ2v) is 5.99. The lowest BCUT2D eigenvalue weighted by Gasteiger charge is -2.01. The number of hydrogen-bond acceptors (Lipinski definition) is 2. The summed E-state index contributed by atoms with van der Waals surface area (Å²) in [5.74, 6) is 6.05. The molecule has 0 saturated heterocycles. The maximum atomic E-state index is 9.57. The zero-order chi connectivity index (χ0) is 15.6. The van der Waals surface area contributed by atoms with Gasteiger partial charge in [-0.3, -0.25) is 0 Å². The Morgan fingerprint density at radius 3 is 1.81 bits per heavy atom. The van der Waals surface area contributed by atoms with Crippen LogP contribution >= 0.6 is 0 Å². The van der Waals surface area contributed by atoms with Gasteiger partial charge in [0.2, 0.25) is 0 Å². The molecule has 0 aromatic rings. The summed E-state index contributed by atoms with van der Waals surface area (Å²) in [7, 11) is 0. The zero-order valence-electron chi connectivity index (χ0n) is 14.1. The van der Waals surface area contributed by atoms with E-state index in [4.69, 9.17) is 5.11 Å². The van der Waals surface area contributed by atoms with Gasteiger partial charge in [-0.1, -0.05) is 77.1 Å². The predicted molar refractivity (Wildman–Crippen MR) is 91.2 cm³/mol. The van der Waals surface area contributed by atoms with Crippen molar-refractivity contribution < 1.29 is 10.2 Å². The lowest BCUT2D eigenvalue weighted by Crippen LogP contribution is -2.01. The second kappa shape index (κ2) is 17.5. The van der Waals surface area contributed by atoms with Gasteiger partial charge in [-0.05, 0) is 19.3 Å². The molecule has 0 aromatic heterocycles. The minimum Gasteiger partial charge on any atom is -0.396 e. The normalized spacial score (nSPS) is 12.0. The van der Waals surface area contributed by atoms with Crippen molar-refractivity contribution >= 4 is 0 Å². The highest BCUT2D eigenvalue weighted by molar-refractivity contribution is 5.04. The van der Waals surface area contributed by atoms with Gasteiger partial charge >= 0.3 is 0 Å². The standard InChI is InChI=1S/C19H36O2/c1-2-3-16-19(21)17-14-12-10-8-6-4-5-7-9-11-13-15-18-20/h19-21H,2-13,15-16,18H2,1H3. The summed E-state index contributed by atoms with van der Waals surface area (Å²) in [5.41, 5.74) is 0. The van der Waals surface area contributed by atoms with E-state index < -0.39 is 6.10 Å². The number of hydrogen-bond donors (Lipinski definition) is 2. The molecule has 0 amide bonds. The number of aliphatic hydroxyl groups excluding tert-OH is 2. The first kappa shape index (κ1) is 20.5. The van der Waals surface area contributed by atoms with Gasteiger partial charge in [0.25, 0.3) is 0 Å². The molecule has 2 N–H and O–H groups in total. The quantitative estimate of drug-likeness (QED) is 0.356. The smallest absolute Gasteiger partial charge is 0.114 e. The van der Waals surface area contributed by atoms with Crippen LogP contribution in [0.25, 0.3) is 0 Å². The van der Waals surface area contributed by atoms with Gasteiger partial charge in [-0.25, -0.2) is 0 Å². The summed E-state index contributed by atoms with van der Waals surface area (Å²) in [6, 6.07) is 0. The molecule has 0 spiro atoms. The summed E-state index contributed by atoms with van der Waals surface area (Å²) >= 11 is 0. The first-order valence-corrected chi connectivity index (χ1v) is 9.08. The van der Waals surface area contributed by atoms with Crippen LogP contribution in [0.15, 0.2) is 0 Å². The fourth-order valence-corrected chi connectivity index (χ4v) is 2.40. The van der Waals surface area contributed by atoms with E-state index in [1.165, 1.54) is 57.8 Å². The van der Waals surface area contributed by atoms with Crippen LogP contribution in [0.2, 0.25) is 0 Å². The van der Waals surface area contributed by atoms with Crippen molar-refractivity contribution in [2.75, 3.05) is 6.61 Å². The van der Waals surface area contributed by atoms with Crippen molar-refractivity contribution in [2.24, 2.45) is 0 Å². The monoisotopic (exact) mass is 296 g/mol. The third-order valence-corrected chi connectivity index (χ3v) is 3.81. The molecular weight excluding hydrogens is 260 g/mol. The molecule has 0 radical (unpaired) electrons. The Kier molecular flexibility index (Phi) is 17.1. The van der Waals surface area contributed by atoms with Gasteiger partial charge in [0, 0.05) is 13.0 Å². The minimum atomic E-state index is -0.407. The molecule has 21 heavy (non-hydrogen) atoms. The van der Waals surface area contributed by atoms with Gasteiger partial charge < -0.3 is 10.2 Å². The van der Waals surface area contributed by atoms with E-state index in [2.05, 4.69) is 18.8 Å². The summed E-state index contributed by atoms with van der Waals surface area (Å²) in [5, 5.41) is 18.2.